The van der Waals surface area contributed by atoms with Gasteiger partial charge in [-0.05, 0) is 55.5 Å². The van der Waals surface area contributed by atoms with Crippen LogP contribution in [0.1, 0.15) is 42.9 Å². The first-order chi connectivity index (χ1) is 16.6. The molecular formula is C26H23F3N4O2. The SMILES string of the molecule is CCC(Cc1ccc(C(F)(F)F)c(-c2nc(-c3ccc(C#CC4CC4)cn3)cc(=O)[nH]2)c1)C(N)=O. The number of rotatable bonds is 6. The van der Waals surface area contributed by atoms with Crippen molar-refractivity contribution in [1.29, 1.82) is 0 Å². The number of pyridine rings is 1. The summed E-state index contributed by atoms with van der Waals surface area (Å²) in [6, 6.07) is 8.07. The normalized spacial score (nSPS) is 14.2. The highest BCUT2D eigenvalue weighted by Crippen LogP contribution is 2.37. The number of amides is 1. The second kappa shape index (κ2) is 9.74. The molecule has 4 rings (SSSR count). The van der Waals surface area contributed by atoms with E-state index in [4.69, 9.17) is 5.73 Å². The average Bonchev–Trinajstić information content (AvgIpc) is 3.65. The number of hydrogen-bond donors (Lipinski definition) is 2. The number of nitrogens with two attached hydrogens (primary N) is 1. The van der Waals surface area contributed by atoms with Gasteiger partial charge in [0.15, 0.2) is 0 Å². The van der Waals surface area contributed by atoms with Gasteiger partial charge in [-0.1, -0.05) is 24.8 Å². The van der Waals surface area contributed by atoms with E-state index in [1.54, 1.807) is 25.3 Å². The van der Waals surface area contributed by atoms with Crippen LogP contribution in [0.15, 0.2) is 47.4 Å². The highest BCUT2D eigenvalue weighted by Gasteiger charge is 2.34. The maximum absolute atomic E-state index is 13.8. The van der Waals surface area contributed by atoms with E-state index in [-0.39, 0.29) is 23.5 Å². The Morgan fingerprint density at radius 2 is 1.97 bits per heavy atom. The monoisotopic (exact) mass is 480 g/mol. The Hall–Kier alpha value is -3.93. The zero-order chi connectivity index (χ0) is 25.2. The van der Waals surface area contributed by atoms with Crippen molar-refractivity contribution < 1.29 is 18.0 Å². The molecule has 1 fully saturated rings. The van der Waals surface area contributed by atoms with Crippen molar-refractivity contribution in [3.8, 4) is 34.6 Å². The molecule has 6 nitrogen and oxygen atoms in total. The molecule has 1 atom stereocenters. The lowest BCUT2D eigenvalue weighted by Gasteiger charge is -2.16. The molecule has 1 saturated carbocycles. The molecule has 3 aromatic rings. The van der Waals surface area contributed by atoms with Crippen LogP contribution in [0.2, 0.25) is 0 Å². The van der Waals surface area contributed by atoms with Crippen molar-refractivity contribution >= 4 is 5.91 Å². The van der Waals surface area contributed by atoms with Crippen LogP contribution in [0.5, 0.6) is 0 Å². The maximum atomic E-state index is 13.8. The molecule has 0 aliphatic heterocycles. The van der Waals surface area contributed by atoms with E-state index in [1.807, 2.05) is 0 Å². The van der Waals surface area contributed by atoms with Crippen LogP contribution >= 0.6 is 0 Å². The van der Waals surface area contributed by atoms with Crippen LogP contribution in [0.4, 0.5) is 13.2 Å². The van der Waals surface area contributed by atoms with Gasteiger partial charge in [-0.3, -0.25) is 14.6 Å². The van der Waals surface area contributed by atoms with Crippen LogP contribution in [-0.2, 0) is 17.4 Å². The van der Waals surface area contributed by atoms with Crippen LogP contribution in [0.25, 0.3) is 22.8 Å². The quantitative estimate of drug-likeness (QED) is 0.513. The van der Waals surface area contributed by atoms with E-state index in [0.717, 1.165) is 18.9 Å². The van der Waals surface area contributed by atoms with Crippen molar-refractivity contribution in [2.24, 2.45) is 17.6 Å². The first-order valence-corrected chi connectivity index (χ1v) is 11.2. The standard InChI is InChI=1S/C26H23F3N4O2/c1-2-18(24(30)35)11-17-7-9-20(26(27,28)29)19(12-17)25-32-22(13-23(34)33-25)21-10-8-16(14-31-21)6-5-15-3-4-15/h7-10,12-15,18H,2-4,11H2,1H3,(H2,30,35)(H,32,33,34). The van der Waals surface area contributed by atoms with E-state index in [2.05, 4.69) is 26.8 Å². The number of H-pyrrole nitrogens is 1. The molecule has 3 N–H and O–H groups in total. The largest absolute Gasteiger partial charge is 0.417 e. The first kappa shape index (κ1) is 24.2. The van der Waals surface area contributed by atoms with E-state index >= 15 is 0 Å². The number of hydrogen-bond acceptors (Lipinski definition) is 4. The van der Waals surface area contributed by atoms with Gasteiger partial charge in [0.05, 0.1) is 17.0 Å². The highest BCUT2D eigenvalue weighted by molar-refractivity contribution is 5.77. The Morgan fingerprint density at radius 3 is 2.57 bits per heavy atom. The van der Waals surface area contributed by atoms with Crippen molar-refractivity contribution in [3.05, 3.63) is 69.6 Å². The Kier molecular flexibility index (Phi) is 6.74. The molecule has 2 aromatic heterocycles. The molecule has 0 bridgehead atoms. The molecule has 1 amide bonds. The first-order valence-electron chi connectivity index (χ1n) is 11.2. The Labute approximate surface area is 199 Å². The number of benzene rings is 1. The van der Waals surface area contributed by atoms with Gasteiger partial charge in [0.25, 0.3) is 5.56 Å². The summed E-state index contributed by atoms with van der Waals surface area (Å²) in [5.74, 6) is 5.30. The minimum Gasteiger partial charge on any atom is -0.369 e. The fraction of sp³-hybridized carbons (Fsp3) is 0.308. The van der Waals surface area contributed by atoms with Crippen molar-refractivity contribution in [3.63, 3.8) is 0 Å². The average molecular weight is 480 g/mol. The smallest absolute Gasteiger partial charge is 0.369 e. The third-order valence-corrected chi connectivity index (χ3v) is 5.79. The van der Waals surface area contributed by atoms with Gasteiger partial charge in [0.1, 0.15) is 5.82 Å². The molecule has 1 aliphatic rings. The minimum atomic E-state index is -4.68. The highest BCUT2D eigenvalue weighted by atomic mass is 19.4. The number of aromatic nitrogens is 3. The van der Waals surface area contributed by atoms with E-state index in [0.29, 0.717) is 29.2 Å². The summed E-state index contributed by atoms with van der Waals surface area (Å²) >= 11 is 0. The van der Waals surface area contributed by atoms with Gasteiger partial charge in [0.2, 0.25) is 5.91 Å². The summed E-state index contributed by atoms with van der Waals surface area (Å²) in [4.78, 5) is 35.0. The summed E-state index contributed by atoms with van der Waals surface area (Å²) < 4.78 is 41.4. The molecule has 9 heteroatoms. The summed E-state index contributed by atoms with van der Waals surface area (Å²) in [5.41, 5.74) is 5.18. The predicted molar refractivity (Wildman–Crippen MR) is 125 cm³/mol. The van der Waals surface area contributed by atoms with Gasteiger partial charge < -0.3 is 10.7 Å². The maximum Gasteiger partial charge on any atom is 0.417 e. The van der Waals surface area contributed by atoms with Crippen molar-refractivity contribution in [2.45, 2.75) is 38.8 Å². The van der Waals surface area contributed by atoms with Crippen LogP contribution < -0.4 is 11.3 Å². The zero-order valence-electron chi connectivity index (χ0n) is 18.9. The summed E-state index contributed by atoms with van der Waals surface area (Å²) in [7, 11) is 0. The Bertz CT molecular complexity index is 1360. The topological polar surface area (TPSA) is 102 Å². The molecular weight excluding hydrogens is 457 g/mol. The lowest BCUT2D eigenvalue weighted by atomic mass is 9.93. The van der Waals surface area contributed by atoms with Gasteiger partial charge in [-0.25, -0.2) is 4.98 Å². The molecule has 1 unspecified atom stereocenters. The van der Waals surface area contributed by atoms with E-state index in [9.17, 15) is 22.8 Å². The van der Waals surface area contributed by atoms with Gasteiger partial charge >= 0.3 is 6.18 Å². The van der Waals surface area contributed by atoms with Crippen LogP contribution in [0, 0.1) is 23.7 Å². The molecule has 2 heterocycles. The fourth-order valence-electron chi connectivity index (χ4n) is 3.64. The molecule has 0 saturated heterocycles. The van der Waals surface area contributed by atoms with E-state index in [1.165, 1.54) is 18.2 Å². The summed E-state index contributed by atoms with van der Waals surface area (Å²) in [5, 5.41) is 0. The van der Waals surface area contributed by atoms with Gasteiger partial charge in [0, 0.05) is 35.2 Å². The number of aromatic amines is 1. The number of halogens is 3. The van der Waals surface area contributed by atoms with Gasteiger partial charge in [-0.15, -0.1) is 0 Å². The zero-order valence-corrected chi connectivity index (χ0v) is 18.9. The third kappa shape index (κ3) is 5.96. The number of carbonyl (C=O) groups excluding carboxylic acids is 1. The molecule has 35 heavy (non-hydrogen) atoms. The lowest BCUT2D eigenvalue weighted by Crippen LogP contribution is -2.24. The second-order valence-electron chi connectivity index (χ2n) is 8.54. The number of carbonyl (C=O) groups is 1. The predicted octanol–water partition coefficient (Wildman–Crippen LogP) is 4.33. The molecule has 1 aliphatic carbocycles. The molecule has 0 radical (unpaired) electrons. The van der Waals surface area contributed by atoms with Crippen molar-refractivity contribution in [2.75, 3.05) is 0 Å². The number of nitrogens with zero attached hydrogens (tertiary/aromatic N) is 2. The van der Waals surface area contributed by atoms with E-state index < -0.39 is 29.1 Å². The van der Waals surface area contributed by atoms with Crippen LogP contribution in [0.3, 0.4) is 0 Å². The Morgan fingerprint density at radius 1 is 1.20 bits per heavy atom. The third-order valence-electron chi connectivity index (χ3n) is 5.79. The fourth-order valence-corrected chi connectivity index (χ4v) is 3.64. The summed E-state index contributed by atoms with van der Waals surface area (Å²) in [6.45, 7) is 1.78. The summed E-state index contributed by atoms with van der Waals surface area (Å²) in [6.07, 6.45) is -0.323. The molecule has 180 valence electrons. The minimum absolute atomic E-state index is 0.132. The van der Waals surface area contributed by atoms with Crippen molar-refractivity contribution in [1.82, 2.24) is 15.0 Å². The number of nitrogens with one attached hydrogen (secondary N) is 1. The van der Waals surface area contributed by atoms with Gasteiger partial charge in [-0.2, -0.15) is 13.2 Å². The Balaban J connectivity index is 1.74. The molecule has 0 spiro atoms. The van der Waals surface area contributed by atoms with Crippen LogP contribution in [-0.4, -0.2) is 20.9 Å². The number of primary amides is 1. The second-order valence-corrected chi connectivity index (χ2v) is 8.54. The number of alkyl halides is 3. The lowest BCUT2D eigenvalue weighted by molar-refractivity contribution is -0.137. The molecule has 1 aromatic carbocycles.